The zero-order chi connectivity index (χ0) is 33.9. The van der Waals surface area contributed by atoms with Crippen molar-refractivity contribution >= 4 is 17.9 Å². The smallest absolute Gasteiger partial charge is 0.306 e. The number of rotatable bonds is 35. The predicted octanol–water partition coefficient (Wildman–Crippen LogP) is 12.0. The predicted molar refractivity (Wildman–Crippen MR) is 192 cm³/mol. The third-order valence-corrected chi connectivity index (χ3v) is 8.79. The second kappa shape index (κ2) is 34.7. The Hall–Kier alpha value is -1.59. The second-order valence-electron chi connectivity index (χ2n) is 14.0. The molecule has 0 spiro atoms. The van der Waals surface area contributed by atoms with Gasteiger partial charge >= 0.3 is 17.9 Å². The number of esters is 3. The van der Waals surface area contributed by atoms with Crippen LogP contribution in [0.25, 0.3) is 0 Å². The largest absolute Gasteiger partial charge is 0.462 e. The maximum absolute atomic E-state index is 12.6. The number of ether oxygens (including phenoxy) is 3. The highest BCUT2D eigenvalue weighted by molar-refractivity contribution is 5.71. The van der Waals surface area contributed by atoms with E-state index >= 15 is 0 Å². The number of unbranched alkanes of at least 4 members (excludes halogenated alkanes) is 22. The lowest BCUT2D eigenvalue weighted by molar-refractivity contribution is -0.167. The molecule has 0 aromatic rings. The van der Waals surface area contributed by atoms with Crippen molar-refractivity contribution in [1.82, 2.24) is 0 Å². The normalized spacial score (nSPS) is 11.9. The summed E-state index contributed by atoms with van der Waals surface area (Å²) in [6.07, 6.45) is 31.1. The Morgan fingerprint density at radius 2 is 0.717 bits per heavy atom. The van der Waals surface area contributed by atoms with Gasteiger partial charge in [0.15, 0.2) is 6.10 Å². The Bertz CT molecular complexity index is 691. The first-order valence-corrected chi connectivity index (χ1v) is 19.9. The monoisotopic (exact) mass is 653 g/mol. The molecule has 0 fully saturated rings. The summed E-state index contributed by atoms with van der Waals surface area (Å²) in [5.74, 6) is -0.115. The fraction of sp³-hybridized carbons (Fsp3) is 0.925. The Morgan fingerprint density at radius 1 is 0.413 bits per heavy atom. The highest BCUT2D eigenvalue weighted by Crippen LogP contribution is 2.15. The summed E-state index contributed by atoms with van der Waals surface area (Å²) >= 11 is 0. The first-order valence-electron chi connectivity index (χ1n) is 19.9. The van der Waals surface area contributed by atoms with Crippen LogP contribution in [0.2, 0.25) is 0 Å². The van der Waals surface area contributed by atoms with Crippen molar-refractivity contribution in [2.75, 3.05) is 13.2 Å². The van der Waals surface area contributed by atoms with Crippen molar-refractivity contribution in [2.24, 2.45) is 5.92 Å². The van der Waals surface area contributed by atoms with E-state index in [0.717, 1.165) is 63.7 Å². The van der Waals surface area contributed by atoms with E-state index in [1.165, 1.54) is 109 Å². The number of hydrogen-bond donors (Lipinski definition) is 0. The molecular formula is C40H76O6. The van der Waals surface area contributed by atoms with Gasteiger partial charge in [-0.2, -0.15) is 0 Å². The van der Waals surface area contributed by atoms with E-state index in [-0.39, 0.29) is 31.1 Å². The summed E-state index contributed by atoms with van der Waals surface area (Å²) in [4.78, 5) is 37.3. The van der Waals surface area contributed by atoms with Gasteiger partial charge in [0.05, 0.1) is 0 Å². The molecule has 0 amide bonds. The van der Waals surface area contributed by atoms with Crippen LogP contribution in [-0.2, 0) is 28.6 Å². The Labute approximate surface area is 285 Å². The van der Waals surface area contributed by atoms with Crippen LogP contribution in [-0.4, -0.2) is 37.2 Å². The summed E-state index contributed by atoms with van der Waals surface area (Å²) in [6.45, 7) is 8.85. The second-order valence-corrected chi connectivity index (χ2v) is 14.0. The number of carbonyl (C=O) groups is 3. The molecule has 272 valence electrons. The molecule has 0 radical (unpaired) electrons. The molecule has 0 N–H and O–H groups in total. The van der Waals surface area contributed by atoms with Gasteiger partial charge in [-0.1, -0.05) is 175 Å². The van der Waals surface area contributed by atoms with Gasteiger partial charge < -0.3 is 14.2 Å². The van der Waals surface area contributed by atoms with Gasteiger partial charge in [0, 0.05) is 19.3 Å². The van der Waals surface area contributed by atoms with E-state index in [0.29, 0.717) is 19.3 Å². The topological polar surface area (TPSA) is 78.9 Å². The molecular weight excluding hydrogens is 576 g/mol. The minimum atomic E-state index is -0.757. The average molecular weight is 653 g/mol. The van der Waals surface area contributed by atoms with Crippen LogP contribution in [0.1, 0.15) is 214 Å². The maximum Gasteiger partial charge on any atom is 0.306 e. The number of hydrogen-bond acceptors (Lipinski definition) is 6. The summed E-state index contributed by atoms with van der Waals surface area (Å²) < 4.78 is 16.5. The SMILES string of the molecule is CCCCCCCCCCCCCCC(=O)OC[C@H](COC(=O)CCCCCCCCC)OC(=O)CCCCCCCCC(C)C. The van der Waals surface area contributed by atoms with E-state index in [1.54, 1.807) is 0 Å². The van der Waals surface area contributed by atoms with E-state index in [4.69, 9.17) is 14.2 Å². The first-order chi connectivity index (χ1) is 22.4. The minimum absolute atomic E-state index is 0.0661. The molecule has 0 unspecified atom stereocenters. The molecule has 0 aliphatic carbocycles. The average Bonchev–Trinajstić information content (AvgIpc) is 3.03. The van der Waals surface area contributed by atoms with Crippen LogP contribution in [0.5, 0.6) is 0 Å². The molecule has 0 aromatic heterocycles. The van der Waals surface area contributed by atoms with Gasteiger partial charge in [-0.05, 0) is 25.2 Å². The highest BCUT2D eigenvalue weighted by Gasteiger charge is 2.19. The molecule has 0 heterocycles. The van der Waals surface area contributed by atoms with Crippen molar-refractivity contribution in [3.05, 3.63) is 0 Å². The third kappa shape index (κ3) is 33.8. The fourth-order valence-electron chi connectivity index (χ4n) is 5.74. The molecule has 0 aliphatic heterocycles. The van der Waals surface area contributed by atoms with Crippen LogP contribution in [0, 0.1) is 5.92 Å². The van der Waals surface area contributed by atoms with E-state index in [1.807, 2.05) is 0 Å². The van der Waals surface area contributed by atoms with Crippen molar-refractivity contribution < 1.29 is 28.6 Å². The fourth-order valence-corrected chi connectivity index (χ4v) is 5.74. The van der Waals surface area contributed by atoms with Crippen molar-refractivity contribution in [3.8, 4) is 0 Å². The van der Waals surface area contributed by atoms with Gasteiger partial charge in [0.2, 0.25) is 0 Å². The van der Waals surface area contributed by atoms with Crippen LogP contribution in [0.3, 0.4) is 0 Å². The number of carbonyl (C=O) groups excluding carboxylic acids is 3. The minimum Gasteiger partial charge on any atom is -0.462 e. The van der Waals surface area contributed by atoms with Crippen LogP contribution >= 0.6 is 0 Å². The third-order valence-electron chi connectivity index (χ3n) is 8.79. The highest BCUT2D eigenvalue weighted by atomic mass is 16.6. The summed E-state index contributed by atoms with van der Waals surface area (Å²) in [5.41, 5.74) is 0. The lowest BCUT2D eigenvalue weighted by atomic mass is 10.0. The Balaban J connectivity index is 4.31. The van der Waals surface area contributed by atoms with Gasteiger partial charge in [-0.15, -0.1) is 0 Å². The van der Waals surface area contributed by atoms with E-state index < -0.39 is 6.10 Å². The van der Waals surface area contributed by atoms with Crippen molar-refractivity contribution in [2.45, 2.75) is 220 Å². The van der Waals surface area contributed by atoms with Crippen molar-refractivity contribution in [1.29, 1.82) is 0 Å². The van der Waals surface area contributed by atoms with Gasteiger partial charge in [0.25, 0.3) is 0 Å². The van der Waals surface area contributed by atoms with Crippen molar-refractivity contribution in [3.63, 3.8) is 0 Å². The zero-order valence-corrected chi connectivity index (χ0v) is 31.0. The van der Waals surface area contributed by atoms with Gasteiger partial charge in [0.1, 0.15) is 13.2 Å². The van der Waals surface area contributed by atoms with Crippen LogP contribution in [0.15, 0.2) is 0 Å². The standard InChI is InChI=1S/C40H76O6/c1-5-7-9-11-13-14-15-16-17-19-24-28-32-39(42)45-35-37(34-44-38(41)31-27-23-18-12-10-8-6-2)46-40(43)33-29-25-21-20-22-26-30-36(3)4/h36-37H,5-35H2,1-4H3/t37-/m0/s1. The molecule has 0 aromatic carbocycles. The molecule has 0 bridgehead atoms. The van der Waals surface area contributed by atoms with Gasteiger partial charge in [-0.25, -0.2) is 0 Å². The summed E-state index contributed by atoms with van der Waals surface area (Å²) in [5, 5.41) is 0. The van der Waals surface area contributed by atoms with Crippen LogP contribution in [0.4, 0.5) is 0 Å². The molecule has 6 heteroatoms. The molecule has 6 nitrogen and oxygen atoms in total. The molecule has 0 aliphatic rings. The Morgan fingerprint density at radius 3 is 1.07 bits per heavy atom. The molecule has 0 saturated carbocycles. The first kappa shape index (κ1) is 44.4. The van der Waals surface area contributed by atoms with Gasteiger partial charge in [-0.3, -0.25) is 14.4 Å². The quantitative estimate of drug-likeness (QED) is 0.0385. The molecule has 1 atom stereocenters. The molecule has 46 heavy (non-hydrogen) atoms. The summed E-state index contributed by atoms with van der Waals surface area (Å²) in [7, 11) is 0. The molecule has 0 saturated heterocycles. The molecule has 0 rings (SSSR count). The maximum atomic E-state index is 12.6. The lowest BCUT2D eigenvalue weighted by Crippen LogP contribution is -2.30. The summed E-state index contributed by atoms with van der Waals surface area (Å²) in [6, 6.07) is 0. The van der Waals surface area contributed by atoms with E-state index in [2.05, 4.69) is 27.7 Å². The van der Waals surface area contributed by atoms with E-state index in [9.17, 15) is 14.4 Å². The lowest BCUT2D eigenvalue weighted by Gasteiger charge is -2.18. The zero-order valence-electron chi connectivity index (χ0n) is 31.0. The Kier molecular flexibility index (Phi) is 33.5. The van der Waals surface area contributed by atoms with Crippen LogP contribution < -0.4 is 0 Å².